The molecule has 6 nitrogen and oxygen atoms in total. The van der Waals surface area contributed by atoms with Crippen molar-refractivity contribution in [1.82, 2.24) is 10.6 Å². The second-order valence-corrected chi connectivity index (χ2v) is 8.99. The van der Waals surface area contributed by atoms with Gasteiger partial charge < -0.3 is 21.1 Å². The summed E-state index contributed by atoms with van der Waals surface area (Å²) in [5, 5.41) is 4.30. The number of hydrogen-bond acceptors (Lipinski definition) is 4. The van der Waals surface area contributed by atoms with Gasteiger partial charge in [-0.2, -0.15) is 57.1 Å². The summed E-state index contributed by atoms with van der Waals surface area (Å²) >= 11 is 0. The van der Waals surface area contributed by atoms with Gasteiger partial charge in [0.25, 0.3) is 0 Å². The molecular weight excluding hydrogens is 613 g/mol. The molecule has 0 spiro atoms. The van der Waals surface area contributed by atoms with Crippen LogP contribution in [0, 0.1) is 0 Å². The molecule has 0 aliphatic rings. The number of alkyl carbamates (subject to hydrolysis) is 1. The van der Waals surface area contributed by atoms with Crippen molar-refractivity contribution in [3.63, 3.8) is 0 Å². The highest BCUT2D eigenvalue weighted by atomic mass is 19.4. The quantitative estimate of drug-likeness (QED) is 0.152. The molecule has 1 atom stereocenters. The minimum Gasteiger partial charge on any atom is -0.445 e. The van der Waals surface area contributed by atoms with Gasteiger partial charge in [-0.3, -0.25) is 4.79 Å². The molecule has 242 valence electrons. The minimum atomic E-state index is -7.95. The zero-order valence-corrected chi connectivity index (χ0v) is 21.3. The van der Waals surface area contributed by atoms with Crippen molar-refractivity contribution < 1.29 is 71.4 Å². The van der Waals surface area contributed by atoms with Gasteiger partial charge >= 0.3 is 41.9 Å². The summed E-state index contributed by atoms with van der Waals surface area (Å²) in [6.45, 7) is -0.818. The van der Waals surface area contributed by atoms with E-state index in [2.05, 4.69) is 5.32 Å². The number of carbonyl (C=O) groups excluding carboxylic acids is 2. The van der Waals surface area contributed by atoms with Crippen molar-refractivity contribution >= 4 is 12.0 Å². The molecule has 0 aromatic heterocycles. The molecule has 0 radical (unpaired) electrons. The standard InChI is InChI=1S/C23H26F13N3O3/c24-18(25,19(26,27)20(28,29)21(30,31)22(32,33)23(34,35)36)10-6-12-38-16(40)15(37)9-4-5-11-39-17(41)42-13-14-7-2-1-3-8-14/h1-3,7-8,15H,4-6,9-13,37H2,(H,38,40)(H,39,41)/t15-/m0/s1. The molecule has 0 saturated heterocycles. The molecule has 19 heteroatoms. The number of amides is 2. The third-order valence-electron chi connectivity index (χ3n) is 5.73. The fourth-order valence-corrected chi connectivity index (χ4v) is 3.20. The Morgan fingerprint density at radius 2 is 1.24 bits per heavy atom. The highest BCUT2D eigenvalue weighted by Crippen LogP contribution is 2.60. The maximum Gasteiger partial charge on any atom is 0.460 e. The highest BCUT2D eigenvalue weighted by molar-refractivity contribution is 5.81. The van der Waals surface area contributed by atoms with Gasteiger partial charge in [-0.15, -0.1) is 0 Å². The van der Waals surface area contributed by atoms with Gasteiger partial charge in [0, 0.05) is 19.5 Å². The van der Waals surface area contributed by atoms with Crippen LogP contribution in [0.25, 0.3) is 0 Å². The first-order valence-electron chi connectivity index (χ1n) is 12.0. The minimum absolute atomic E-state index is 0.0181. The molecule has 0 saturated carbocycles. The normalized spacial score (nSPS) is 14.3. The molecular formula is C23H26F13N3O3. The van der Waals surface area contributed by atoms with E-state index in [1.807, 2.05) is 5.32 Å². The fourth-order valence-electron chi connectivity index (χ4n) is 3.20. The van der Waals surface area contributed by atoms with Gasteiger partial charge in [0.2, 0.25) is 5.91 Å². The maximum absolute atomic E-state index is 13.8. The van der Waals surface area contributed by atoms with Gasteiger partial charge in [0.1, 0.15) is 6.61 Å². The van der Waals surface area contributed by atoms with Crippen LogP contribution >= 0.6 is 0 Å². The van der Waals surface area contributed by atoms with Crippen LogP contribution in [0.3, 0.4) is 0 Å². The second-order valence-electron chi connectivity index (χ2n) is 8.99. The first-order valence-corrected chi connectivity index (χ1v) is 12.0. The zero-order chi connectivity index (χ0) is 32.6. The van der Waals surface area contributed by atoms with Crippen LogP contribution in [0.4, 0.5) is 61.9 Å². The van der Waals surface area contributed by atoms with Gasteiger partial charge in [-0.25, -0.2) is 4.79 Å². The molecule has 42 heavy (non-hydrogen) atoms. The number of hydrogen-bond donors (Lipinski definition) is 3. The Kier molecular flexibility index (Phi) is 12.3. The lowest BCUT2D eigenvalue weighted by atomic mass is 9.92. The number of alkyl halides is 13. The Morgan fingerprint density at radius 1 is 0.714 bits per heavy atom. The number of benzene rings is 1. The van der Waals surface area contributed by atoms with Crippen molar-refractivity contribution in [3.8, 4) is 0 Å². The van der Waals surface area contributed by atoms with Gasteiger partial charge in [0.15, 0.2) is 0 Å². The lowest BCUT2D eigenvalue weighted by Crippen LogP contribution is -2.70. The average molecular weight is 639 g/mol. The Morgan fingerprint density at radius 3 is 1.79 bits per heavy atom. The molecule has 2 amide bonds. The topological polar surface area (TPSA) is 93.4 Å². The third kappa shape index (κ3) is 8.53. The van der Waals surface area contributed by atoms with Crippen LogP contribution in [0.5, 0.6) is 0 Å². The number of rotatable bonds is 16. The molecule has 0 heterocycles. The largest absolute Gasteiger partial charge is 0.460 e. The molecule has 0 aliphatic carbocycles. The van der Waals surface area contributed by atoms with Crippen LogP contribution in [-0.4, -0.2) is 66.9 Å². The molecule has 1 rings (SSSR count). The SMILES string of the molecule is N[C@@H](CCCCNC(=O)OCc1ccccc1)C(=O)NCCCC(F)(F)C(F)(F)C(F)(F)C(F)(F)C(F)(F)C(F)(F)F. The monoisotopic (exact) mass is 639 g/mol. The van der Waals surface area contributed by atoms with Crippen LogP contribution in [0.1, 0.15) is 37.7 Å². The van der Waals surface area contributed by atoms with E-state index in [1.54, 1.807) is 30.3 Å². The lowest BCUT2D eigenvalue weighted by molar-refractivity contribution is -0.440. The van der Waals surface area contributed by atoms with E-state index in [0.29, 0.717) is 6.42 Å². The predicted octanol–water partition coefficient (Wildman–Crippen LogP) is 6.05. The number of ether oxygens (including phenoxy) is 1. The Balaban J connectivity index is 2.48. The van der Waals surface area contributed by atoms with Crippen molar-refractivity contribution in [3.05, 3.63) is 35.9 Å². The van der Waals surface area contributed by atoms with Crippen molar-refractivity contribution in [2.75, 3.05) is 13.1 Å². The molecule has 1 aromatic carbocycles. The smallest absolute Gasteiger partial charge is 0.445 e. The summed E-state index contributed by atoms with van der Waals surface area (Å²) in [6.07, 6.45) is -11.4. The summed E-state index contributed by atoms with van der Waals surface area (Å²) in [6, 6.07) is 7.43. The van der Waals surface area contributed by atoms with Gasteiger partial charge in [-0.1, -0.05) is 30.3 Å². The van der Waals surface area contributed by atoms with Crippen LogP contribution in [0.2, 0.25) is 0 Å². The first-order chi connectivity index (χ1) is 19.0. The fraction of sp³-hybridized carbons (Fsp3) is 0.652. The number of nitrogens with two attached hydrogens (primary N) is 1. The van der Waals surface area contributed by atoms with Crippen molar-refractivity contribution in [1.29, 1.82) is 0 Å². The molecule has 0 aliphatic heterocycles. The van der Waals surface area contributed by atoms with E-state index in [1.165, 1.54) is 0 Å². The summed E-state index contributed by atoms with van der Waals surface area (Å²) in [4.78, 5) is 23.5. The molecule has 0 unspecified atom stereocenters. The Bertz CT molecular complexity index is 1020. The third-order valence-corrected chi connectivity index (χ3v) is 5.73. The van der Waals surface area contributed by atoms with E-state index in [9.17, 15) is 66.7 Å². The maximum atomic E-state index is 13.8. The lowest BCUT2D eigenvalue weighted by Gasteiger charge is -2.39. The summed E-state index contributed by atoms with van der Waals surface area (Å²) < 4.78 is 175. The average Bonchev–Trinajstić information content (AvgIpc) is 2.88. The van der Waals surface area contributed by atoms with Crippen LogP contribution in [0.15, 0.2) is 30.3 Å². The second kappa shape index (κ2) is 14.0. The van der Waals surface area contributed by atoms with Crippen LogP contribution in [-0.2, 0) is 16.1 Å². The molecule has 4 N–H and O–H groups in total. The molecule has 1 aromatic rings. The zero-order valence-electron chi connectivity index (χ0n) is 21.3. The van der Waals surface area contributed by atoms with E-state index < -0.39 is 73.2 Å². The van der Waals surface area contributed by atoms with Crippen LogP contribution < -0.4 is 16.4 Å². The van der Waals surface area contributed by atoms with Crippen molar-refractivity contribution in [2.24, 2.45) is 5.73 Å². The number of unbranched alkanes of at least 4 members (excludes halogenated alkanes) is 1. The highest BCUT2D eigenvalue weighted by Gasteiger charge is 2.90. The van der Waals surface area contributed by atoms with E-state index >= 15 is 0 Å². The number of carbonyl (C=O) groups is 2. The van der Waals surface area contributed by atoms with E-state index in [4.69, 9.17) is 10.5 Å². The summed E-state index contributed by atoms with van der Waals surface area (Å²) in [5.74, 6) is -38.2. The summed E-state index contributed by atoms with van der Waals surface area (Å²) in [5.41, 5.74) is 6.29. The number of halogens is 13. The van der Waals surface area contributed by atoms with Gasteiger partial charge in [-0.05, 0) is 31.2 Å². The Labute approximate surface area is 230 Å². The molecule has 0 fully saturated rings. The summed E-state index contributed by atoms with van der Waals surface area (Å²) in [7, 11) is 0. The van der Waals surface area contributed by atoms with Gasteiger partial charge in [0.05, 0.1) is 6.04 Å². The Hall–Kier alpha value is -2.99. The van der Waals surface area contributed by atoms with Crippen molar-refractivity contribution in [2.45, 2.75) is 80.5 Å². The molecule has 0 bridgehead atoms. The first kappa shape index (κ1) is 37.0. The predicted molar refractivity (Wildman–Crippen MR) is 119 cm³/mol. The van der Waals surface area contributed by atoms with E-state index in [-0.39, 0.29) is 26.0 Å². The number of nitrogens with one attached hydrogen (secondary N) is 2. The van der Waals surface area contributed by atoms with E-state index in [0.717, 1.165) is 5.56 Å².